The summed E-state index contributed by atoms with van der Waals surface area (Å²) in [5, 5.41) is 4.39. The highest BCUT2D eigenvalue weighted by Crippen LogP contribution is 2.28. The highest BCUT2D eigenvalue weighted by Gasteiger charge is 2.14. The van der Waals surface area contributed by atoms with E-state index in [1.165, 1.54) is 11.8 Å². The summed E-state index contributed by atoms with van der Waals surface area (Å²) in [6.45, 7) is 1.07. The van der Waals surface area contributed by atoms with Gasteiger partial charge >= 0.3 is 0 Å². The summed E-state index contributed by atoms with van der Waals surface area (Å²) in [5.74, 6) is 0.219. The van der Waals surface area contributed by atoms with E-state index in [9.17, 15) is 4.79 Å². The standard InChI is InChI=1S/C24H21ClN4OS/c25-20-11-9-19(10-12-20)22-15-28-24(29(22)16-18-6-2-1-3-7-18)31-17-23(30)27-14-21-8-4-5-13-26-21/h1-13,15H,14,16-17H2,(H,27,30). The van der Waals surface area contributed by atoms with Crippen molar-refractivity contribution in [3.05, 3.63) is 101 Å². The summed E-state index contributed by atoms with van der Waals surface area (Å²) in [4.78, 5) is 21.2. The molecule has 0 radical (unpaired) electrons. The van der Waals surface area contributed by atoms with E-state index < -0.39 is 0 Å². The van der Waals surface area contributed by atoms with Crippen LogP contribution in [0.1, 0.15) is 11.3 Å². The van der Waals surface area contributed by atoms with Crippen molar-refractivity contribution in [3.63, 3.8) is 0 Å². The molecule has 0 bridgehead atoms. The van der Waals surface area contributed by atoms with Gasteiger partial charge in [-0.25, -0.2) is 4.98 Å². The Bertz CT molecular complexity index is 1130. The molecular weight excluding hydrogens is 428 g/mol. The number of carbonyl (C=O) groups excluding carboxylic acids is 1. The normalized spacial score (nSPS) is 10.7. The minimum Gasteiger partial charge on any atom is -0.350 e. The van der Waals surface area contributed by atoms with E-state index >= 15 is 0 Å². The summed E-state index contributed by atoms with van der Waals surface area (Å²) >= 11 is 7.48. The highest BCUT2D eigenvalue weighted by atomic mass is 35.5. The summed E-state index contributed by atoms with van der Waals surface area (Å²) in [5.41, 5.74) is 4.00. The Labute approximate surface area is 190 Å². The fourth-order valence-electron chi connectivity index (χ4n) is 3.12. The Hall–Kier alpha value is -3.09. The average Bonchev–Trinajstić information content (AvgIpc) is 3.20. The first-order chi connectivity index (χ1) is 15.2. The average molecular weight is 449 g/mol. The second-order valence-corrected chi connectivity index (χ2v) is 8.27. The lowest BCUT2D eigenvalue weighted by atomic mass is 10.1. The number of thioether (sulfide) groups is 1. The van der Waals surface area contributed by atoms with Crippen LogP contribution >= 0.6 is 23.4 Å². The molecule has 0 fully saturated rings. The largest absolute Gasteiger partial charge is 0.350 e. The van der Waals surface area contributed by atoms with E-state index in [1.54, 1.807) is 6.20 Å². The first-order valence-corrected chi connectivity index (χ1v) is 11.2. The minimum absolute atomic E-state index is 0.0574. The number of nitrogens with zero attached hydrogens (tertiary/aromatic N) is 3. The summed E-state index contributed by atoms with van der Waals surface area (Å²) in [6.07, 6.45) is 3.56. The number of hydrogen-bond acceptors (Lipinski definition) is 4. The Balaban J connectivity index is 1.49. The second-order valence-electron chi connectivity index (χ2n) is 6.89. The zero-order valence-electron chi connectivity index (χ0n) is 16.7. The molecule has 2 aromatic carbocycles. The third-order valence-corrected chi connectivity index (χ3v) is 5.91. The number of pyridine rings is 1. The predicted octanol–water partition coefficient (Wildman–Crippen LogP) is 5.06. The third-order valence-electron chi connectivity index (χ3n) is 4.67. The lowest BCUT2D eigenvalue weighted by molar-refractivity contribution is -0.118. The molecule has 2 heterocycles. The Morgan fingerprint density at radius 1 is 0.968 bits per heavy atom. The Kier molecular flexibility index (Phi) is 7.02. The molecule has 31 heavy (non-hydrogen) atoms. The van der Waals surface area contributed by atoms with Gasteiger partial charge in [-0.3, -0.25) is 9.78 Å². The van der Waals surface area contributed by atoms with Gasteiger partial charge in [-0.05, 0) is 35.4 Å². The van der Waals surface area contributed by atoms with Crippen molar-refractivity contribution in [2.75, 3.05) is 5.75 Å². The van der Waals surface area contributed by atoms with Gasteiger partial charge in [0.2, 0.25) is 5.91 Å². The summed E-state index contributed by atoms with van der Waals surface area (Å²) < 4.78 is 2.13. The van der Waals surface area contributed by atoms with Crippen molar-refractivity contribution in [1.82, 2.24) is 19.9 Å². The van der Waals surface area contributed by atoms with Crippen LogP contribution in [-0.2, 0) is 17.9 Å². The maximum atomic E-state index is 12.4. The van der Waals surface area contributed by atoms with Crippen LogP contribution in [0.4, 0.5) is 0 Å². The molecule has 2 aromatic heterocycles. The molecule has 0 atom stereocenters. The van der Waals surface area contributed by atoms with Crippen LogP contribution in [0.25, 0.3) is 11.3 Å². The topological polar surface area (TPSA) is 59.8 Å². The van der Waals surface area contributed by atoms with Crippen LogP contribution in [0.5, 0.6) is 0 Å². The fourth-order valence-corrected chi connectivity index (χ4v) is 4.05. The van der Waals surface area contributed by atoms with Gasteiger partial charge in [0.25, 0.3) is 0 Å². The highest BCUT2D eigenvalue weighted by molar-refractivity contribution is 7.99. The molecule has 0 aliphatic heterocycles. The number of carbonyl (C=O) groups is 1. The number of imidazole rings is 1. The lowest BCUT2D eigenvalue weighted by Gasteiger charge is -2.12. The minimum atomic E-state index is -0.0574. The van der Waals surface area contributed by atoms with Crippen LogP contribution in [0.3, 0.4) is 0 Å². The van der Waals surface area contributed by atoms with E-state index in [1.807, 2.05) is 66.9 Å². The van der Waals surface area contributed by atoms with E-state index in [0.717, 1.165) is 27.7 Å². The summed E-state index contributed by atoms with van der Waals surface area (Å²) in [6, 6.07) is 23.6. The van der Waals surface area contributed by atoms with Gasteiger partial charge in [-0.15, -0.1) is 0 Å². The molecule has 0 saturated heterocycles. The monoisotopic (exact) mass is 448 g/mol. The van der Waals surface area contributed by atoms with Crippen molar-refractivity contribution in [3.8, 4) is 11.3 Å². The molecule has 1 N–H and O–H groups in total. The maximum Gasteiger partial charge on any atom is 0.230 e. The van der Waals surface area contributed by atoms with Gasteiger partial charge < -0.3 is 9.88 Å². The number of benzene rings is 2. The fraction of sp³-hybridized carbons (Fsp3) is 0.125. The molecule has 0 spiro atoms. The van der Waals surface area contributed by atoms with Crippen molar-refractivity contribution in [2.45, 2.75) is 18.2 Å². The van der Waals surface area contributed by atoms with Gasteiger partial charge in [-0.1, -0.05) is 71.9 Å². The predicted molar refractivity (Wildman–Crippen MR) is 125 cm³/mol. The first kappa shape index (κ1) is 21.2. The van der Waals surface area contributed by atoms with Crippen LogP contribution in [-0.4, -0.2) is 26.2 Å². The lowest BCUT2D eigenvalue weighted by Crippen LogP contribution is -2.25. The Morgan fingerprint density at radius 3 is 2.48 bits per heavy atom. The molecule has 0 unspecified atom stereocenters. The number of amides is 1. The number of nitrogens with one attached hydrogen (secondary N) is 1. The smallest absolute Gasteiger partial charge is 0.230 e. The molecule has 4 rings (SSSR count). The number of aromatic nitrogens is 3. The van der Waals surface area contributed by atoms with Gasteiger partial charge in [0, 0.05) is 11.2 Å². The second kappa shape index (κ2) is 10.3. The van der Waals surface area contributed by atoms with E-state index in [0.29, 0.717) is 18.1 Å². The quantitative estimate of drug-likeness (QED) is 0.383. The molecule has 4 aromatic rings. The molecule has 156 valence electrons. The number of rotatable bonds is 8. The van der Waals surface area contributed by atoms with Gasteiger partial charge in [0.05, 0.1) is 36.4 Å². The van der Waals surface area contributed by atoms with E-state index in [2.05, 4.69) is 32.0 Å². The first-order valence-electron chi connectivity index (χ1n) is 9.84. The van der Waals surface area contributed by atoms with E-state index in [4.69, 9.17) is 11.6 Å². The SMILES string of the molecule is O=C(CSc1ncc(-c2ccc(Cl)cc2)n1Cc1ccccc1)NCc1ccccn1. The van der Waals surface area contributed by atoms with Crippen molar-refractivity contribution in [2.24, 2.45) is 0 Å². The Morgan fingerprint density at radius 2 is 1.74 bits per heavy atom. The van der Waals surface area contributed by atoms with Crippen LogP contribution in [0.2, 0.25) is 5.02 Å². The molecule has 5 nitrogen and oxygen atoms in total. The zero-order chi connectivity index (χ0) is 21.5. The van der Waals surface area contributed by atoms with Crippen LogP contribution < -0.4 is 5.32 Å². The molecule has 0 aliphatic rings. The van der Waals surface area contributed by atoms with Gasteiger partial charge in [0.15, 0.2) is 5.16 Å². The van der Waals surface area contributed by atoms with Crippen molar-refractivity contribution < 1.29 is 4.79 Å². The zero-order valence-corrected chi connectivity index (χ0v) is 18.3. The number of hydrogen-bond donors (Lipinski definition) is 1. The molecule has 0 saturated carbocycles. The molecule has 7 heteroatoms. The van der Waals surface area contributed by atoms with Crippen LogP contribution in [0.15, 0.2) is 90.3 Å². The van der Waals surface area contributed by atoms with Crippen LogP contribution in [0, 0.1) is 0 Å². The molecular formula is C24H21ClN4OS. The van der Waals surface area contributed by atoms with Gasteiger partial charge in [-0.2, -0.15) is 0 Å². The van der Waals surface area contributed by atoms with E-state index in [-0.39, 0.29) is 11.7 Å². The maximum absolute atomic E-state index is 12.4. The summed E-state index contributed by atoms with van der Waals surface area (Å²) in [7, 11) is 0. The third kappa shape index (κ3) is 5.75. The van der Waals surface area contributed by atoms with Crippen molar-refractivity contribution in [1.29, 1.82) is 0 Å². The molecule has 1 amide bonds. The molecule has 0 aliphatic carbocycles. The number of halogens is 1. The van der Waals surface area contributed by atoms with Crippen molar-refractivity contribution >= 4 is 29.3 Å². The van der Waals surface area contributed by atoms with Gasteiger partial charge in [0.1, 0.15) is 0 Å².